The third kappa shape index (κ3) is 3.52. The van der Waals surface area contributed by atoms with E-state index < -0.39 is 5.63 Å². The molecule has 0 unspecified atom stereocenters. The maximum Gasteiger partial charge on any atom is 0.346 e. The molecule has 2 aromatic carbocycles. The molecule has 4 rings (SSSR count). The summed E-state index contributed by atoms with van der Waals surface area (Å²) in [6.45, 7) is 1.72. The summed E-state index contributed by atoms with van der Waals surface area (Å²) in [5.41, 5.74) is 2.11. The minimum Gasteiger partial charge on any atom is -0.426 e. The number of fused-ring (bicyclic) bond motifs is 1. The molecule has 6 heteroatoms. The van der Waals surface area contributed by atoms with Gasteiger partial charge in [-0.2, -0.15) is 0 Å². The van der Waals surface area contributed by atoms with Crippen LogP contribution in [0.5, 0.6) is 5.75 Å². The van der Waals surface area contributed by atoms with Crippen LogP contribution in [0.3, 0.4) is 0 Å². The standard InChI is InChI=1S/C21H15NO4S/c1-2-19(23)25-15-9-8-14-10-16(21(24)26-18(14)11-15)20-22-17(12-27-20)13-6-4-3-5-7-13/h3-12H,2H2,1H3. The van der Waals surface area contributed by atoms with Crippen LogP contribution in [0.4, 0.5) is 0 Å². The van der Waals surface area contributed by atoms with Crippen molar-refractivity contribution in [3.63, 3.8) is 0 Å². The van der Waals surface area contributed by atoms with Crippen LogP contribution in [0.25, 0.3) is 32.8 Å². The highest BCUT2D eigenvalue weighted by atomic mass is 32.1. The molecule has 5 nitrogen and oxygen atoms in total. The molecule has 0 fully saturated rings. The van der Waals surface area contributed by atoms with Gasteiger partial charge in [-0.15, -0.1) is 11.3 Å². The van der Waals surface area contributed by atoms with Gasteiger partial charge in [0.15, 0.2) is 0 Å². The summed E-state index contributed by atoms with van der Waals surface area (Å²) in [4.78, 5) is 28.5. The zero-order valence-corrected chi connectivity index (χ0v) is 15.3. The van der Waals surface area contributed by atoms with E-state index in [0.29, 0.717) is 21.9 Å². The van der Waals surface area contributed by atoms with E-state index in [0.717, 1.165) is 16.6 Å². The van der Waals surface area contributed by atoms with Crippen LogP contribution in [0.2, 0.25) is 0 Å². The summed E-state index contributed by atoms with van der Waals surface area (Å²) in [6, 6.07) is 16.5. The lowest BCUT2D eigenvalue weighted by Crippen LogP contribution is -2.06. The highest BCUT2D eigenvalue weighted by Gasteiger charge is 2.13. The van der Waals surface area contributed by atoms with Gasteiger partial charge < -0.3 is 9.15 Å². The molecule has 0 amide bonds. The number of nitrogens with zero attached hydrogens (tertiary/aromatic N) is 1. The number of esters is 1. The van der Waals surface area contributed by atoms with Crippen LogP contribution in [0.15, 0.2) is 69.2 Å². The van der Waals surface area contributed by atoms with Crippen LogP contribution in [0.1, 0.15) is 13.3 Å². The molecule has 0 radical (unpaired) electrons. The second-order valence-electron chi connectivity index (χ2n) is 5.88. The van der Waals surface area contributed by atoms with Gasteiger partial charge in [0.25, 0.3) is 0 Å². The number of ether oxygens (including phenoxy) is 1. The van der Waals surface area contributed by atoms with Gasteiger partial charge in [0.05, 0.1) is 11.3 Å². The zero-order valence-electron chi connectivity index (χ0n) is 14.5. The lowest BCUT2D eigenvalue weighted by atomic mass is 10.1. The van der Waals surface area contributed by atoms with E-state index in [-0.39, 0.29) is 12.4 Å². The van der Waals surface area contributed by atoms with Gasteiger partial charge in [0, 0.05) is 28.8 Å². The summed E-state index contributed by atoms with van der Waals surface area (Å²) in [7, 11) is 0. The van der Waals surface area contributed by atoms with Gasteiger partial charge in [-0.1, -0.05) is 37.3 Å². The molecule has 0 saturated heterocycles. The maximum absolute atomic E-state index is 12.5. The van der Waals surface area contributed by atoms with Gasteiger partial charge in [0.1, 0.15) is 16.3 Å². The largest absolute Gasteiger partial charge is 0.426 e. The van der Waals surface area contributed by atoms with E-state index in [9.17, 15) is 9.59 Å². The van der Waals surface area contributed by atoms with Gasteiger partial charge >= 0.3 is 11.6 Å². The number of carbonyl (C=O) groups is 1. The Morgan fingerprint density at radius 2 is 1.96 bits per heavy atom. The van der Waals surface area contributed by atoms with Crippen molar-refractivity contribution in [2.24, 2.45) is 0 Å². The fraction of sp³-hybridized carbons (Fsp3) is 0.0952. The van der Waals surface area contributed by atoms with Crippen LogP contribution >= 0.6 is 11.3 Å². The van der Waals surface area contributed by atoms with Crippen molar-refractivity contribution in [3.8, 4) is 27.6 Å². The number of benzene rings is 2. The summed E-state index contributed by atoms with van der Waals surface area (Å²) < 4.78 is 10.6. The lowest BCUT2D eigenvalue weighted by molar-refractivity contribution is -0.134. The Kier molecular flexibility index (Phi) is 4.56. The summed E-state index contributed by atoms with van der Waals surface area (Å²) >= 11 is 1.39. The molecule has 0 aliphatic rings. The van der Waals surface area contributed by atoms with Crippen molar-refractivity contribution < 1.29 is 13.9 Å². The number of carbonyl (C=O) groups excluding carboxylic acids is 1. The van der Waals surface area contributed by atoms with Crippen molar-refractivity contribution >= 4 is 28.3 Å². The molecule has 0 N–H and O–H groups in total. The Hall–Kier alpha value is -3.25. The van der Waals surface area contributed by atoms with E-state index in [2.05, 4.69) is 4.98 Å². The van der Waals surface area contributed by atoms with Crippen molar-refractivity contribution in [1.29, 1.82) is 0 Å². The van der Waals surface area contributed by atoms with E-state index >= 15 is 0 Å². The number of hydrogen-bond donors (Lipinski definition) is 0. The van der Waals surface area contributed by atoms with Crippen molar-refractivity contribution in [2.45, 2.75) is 13.3 Å². The molecule has 0 atom stereocenters. The van der Waals surface area contributed by atoms with Crippen molar-refractivity contribution in [1.82, 2.24) is 4.98 Å². The molecular formula is C21H15NO4S. The number of hydrogen-bond acceptors (Lipinski definition) is 6. The summed E-state index contributed by atoms with van der Waals surface area (Å²) in [5.74, 6) is 0.00964. The fourth-order valence-electron chi connectivity index (χ4n) is 2.65. The van der Waals surface area contributed by atoms with Crippen molar-refractivity contribution in [3.05, 3.63) is 70.4 Å². The maximum atomic E-state index is 12.5. The van der Waals surface area contributed by atoms with Gasteiger partial charge in [-0.25, -0.2) is 9.78 Å². The molecule has 2 heterocycles. The highest BCUT2D eigenvalue weighted by molar-refractivity contribution is 7.13. The monoisotopic (exact) mass is 377 g/mol. The average molecular weight is 377 g/mol. The lowest BCUT2D eigenvalue weighted by Gasteiger charge is -2.04. The van der Waals surface area contributed by atoms with E-state index in [4.69, 9.17) is 9.15 Å². The van der Waals surface area contributed by atoms with Crippen molar-refractivity contribution in [2.75, 3.05) is 0 Å². The normalized spacial score (nSPS) is 10.9. The predicted octanol–water partition coefficient (Wildman–Crippen LogP) is 4.90. The summed E-state index contributed by atoms with van der Waals surface area (Å²) in [6.07, 6.45) is 0.273. The zero-order chi connectivity index (χ0) is 18.8. The highest BCUT2D eigenvalue weighted by Crippen LogP contribution is 2.29. The fourth-order valence-corrected chi connectivity index (χ4v) is 3.48. The van der Waals surface area contributed by atoms with Crippen LogP contribution in [-0.4, -0.2) is 11.0 Å². The molecule has 4 aromatic rings. The second-order valence-corrected chi connectivity index (χ2v) is 6.74. The molecular weight excluding hydrogens is 362 g/mol. The molecule has 0 bridgehead atoms. The molecule has 2 aromatic heterocycles. The van der Waals surface area contributed by atoms with Crippen LogP contribution in [0, 0.1) is 0 Å². The number of rotatable bonds is 4. The Labute approximate surface area is 158 Å². The Morgan fingerprint density at radius 1 is 1.15 bits per heavy atom. The molecule has 0 aliphatic heterocycles. The average Bonchev–Trinajstić information content (AvgIpc) is 3.18. The van der Waals surface area contributed by atoms with Gasteiger partial charge in [-0.05, 0) is 18.2 Å². The predicted molar refractivity (Wildman–Crippen MR) is 105 cm³/mol. The van der Waals surface area contributed by atoms with Gasteiger partial charge in [0.2, 0.25) is 0 Å². The molecule has 27 heavy (non-hydrogen) atoms. The molecule has 0 spiro atoms. The van der Waals surface area contributed by atoms with Gasteiger partial charge in [-0.3, -0.25) is 4.79 Å². The smallest absolute Gasteiger partial charge is 0.346 e. The minimum absolute atomic E-state index is 0.273. The SMILES string of the molecule is CCC(=O)Oc1ccc2cc(-c3nc(-c4ccccc4)cs3)c(=O)oc2c1. The molecule has 0 aliphatic carbocycles. The molecule has 0 saturated carbocycles. The second kappa shape index (κ2) is 7.17. The van der Waals surface area contributed by atoms with Crippen LogP contribution < -0.4 is 10.4 Å². The quantitative estimate of drug-likeness (QED) is 0.287. The van der Waals surface area contributed by atoms with E-state index in [1.165, 1.54) is 11.3 Å². The Morgan fingerprint density at radius 3 is 2.74 bits per heavy atom. The number of aromatic nitrogens is 1. The minimum atomic E-state index is -0.476. The Bertz CT molecular complexity index is 1180. The first-order chi connectivity index (χ1) is 13.1. The first-order valence-electron chi connectivity index (χ1n) is 8.44. The molecule has 134 valence electrons. The third-order valence-electron chi connectivity index (χ3n) is 4.03. The summed E-state index contributed by atoms with van der Waals surface area (Å²) in [5, 5.41) is 3.25. The van der Waals surface area contributed by atoms with E-state index in [1.54, 1.807) is 31.2 Å². The third-order valence-corrected chi connectivity index (χ3v) is 4.91. The first-order valence-corrected chi connectivity index (χ1v) is 9.32. The first kappa shape index (κ1) is 17.2. The number of thiazole rings is 1. The Balaban J connectivity index is 1.72. The van der Waals surface area contributed by atoms with Crippen LogP contribution in [-0.2, 0) is 4.79 Å². The van der Waals surface area contributed by atoms with E-state index in [1.807, 2.05) is 35.7 Å². The topological polar surface area (TPSA) is 69.4 Å².